The number of hydrogen-bond acceptors (Lipinski definition) is 3. The number of carbonyl (C=O) groups is 1. The Labute approximate surface area is 46.9 Å². The van der Waals surface area contributed by atoms with Crippen LogP contribution in [0.1, 0.15) is 0 Å². The molecule has 0 atom stereocenters. The van der Waals surface area contributed by atoms with Crippen molar-refractivity contribution in [3.63, 3.8) is 0 Å². The summed E-state index contributed by atoms with van der Waals surface area (Å²) in [4.78, 5) is 19.5. The normalized spacial score (nSPS) is 9.12. The van der Waals surface area contributed by atoms with Crippen LogP contribution >= 0.6 is 0 Å². The molecule has 3 heteroatoms. The molecule has 0 saturated heterocycles. The van der Waals surface area contributed by atoms with Gasteiger partial charge in [-0.25, -0.2) is 4.79 Å². The smallest absolute Gasteiger partial charge is 0.330 e. The Bertz CT molecular complexity index is 115. The van der Waals surface area contributed by atoms with E-state index in [0.29, 0.717) is 0 Å². The molecule has 43 valence electrons. The average molecular weight is 113 g/mol. The molecule has 0 aromatic carbocycles. The summed E-state index contributed by atoms with van der Waals surface area (Å²) < 4.78 is 4.15. The Balaban J connectivity index is 3.52. The van der Waals surface area contributed by atoms with Crippen LogP contribution in [0.15, 0.2) is 12.2 Å². The van der Waals surface area contributed by atoms with Gasteiger partial charge in [-0.1, -0.05) is 0 Å². The van der Waals surface area contributed by atoms with Crippen molar-refractivity contribution in [2.24, 2.45) is 0 Å². The predicted molar refractivity (Wildman–Crippen MR) is 26.8 cm³/mol. The molecule has 0 fully saturated rings. The van der Waals surface area contributed by atoms with Crippen LogP contribution in [0.2, 0.25) is 0 Å². The maximum Gasteiger partial charge on any atom is 0.330 e. The lowest BCUT2D eigenvalue weighted by atomic mass is 10.5. The van der Waals surface area contributed by atoms with Crippen LogP contribution in [0.3, 0.4) is 0 Å². The Morgan fingerprint density at radius 3 is 2.75 bits per heavy atom. The zero-order chi connectivity index (χ0) is 6.41. The quantitative estimate of drug-likeness (QED) is 0.368. The largest absolute Gasteiger partial charge is 0.466 e. The van der Waals surface area contributed by atoms with Gasteiger partial charge in [0.15, 0.2) is 0 Å². The maximum absolute atomic E-state index is 10.1. The number of allylic oxidation sites excluding steroid dienone is 1. The second-order valence-electron chi connectivity index (χ2n) is 0.974. The molecule has 0 rings (SSSR count). The maximum atomic E-state index is 10.1. The van der Waals surface area contributed by atoms with Gasteiger partial charge in [-0.15, -0.1) is 0 Å². The van der Waals surface area contributed by atoms with E-state index in [-0.39, 0.29) is 0 Å². The van der Waals surface area contributed by atoms with E-state index in [1.807, 2.05) is 0 Å². The summed E-state index contributed by atoms with van der Waals surface area (Å²) in [5.41, 5.74) is 0. The minimum Gasteiger partial charge on any atom is -0.466 e. The van der Waals surface area contributed by atoms with Crippen molar-refractivity contribution in [1.82, 2.24) is 0 Å². The van der Waals surface area contributed by atoms with Crippen LogP contribution in [-0.2, 0) is 14.3 Å². The molecule has 3 nitrogen and oxygen atoms in total. The van der Waals surface area contributed by atoms with Gasteiger partial charge >= 0.3 is 5.97 Å². The third-order valence-corrected chi connectivity index (χ3v) is 0.489. The monoisotopic (exact) mass is 113 g/mol. The summed E-state index contributed by atoms with van der Waals surface area (Å²) in [6, 6.07) is 0. The van der Waals surface area contributed by atoms with Crippen LogP contribution in [0.5, 0.6) is 0 Å². The summed E-state index contributed by atoms with van der Waals surface area (Å²) >= 11 is 0. The summed E-state index contributed by atoms with van der Waals surface area (Å²) in [6.07, 6.45) is 3.34. The van der Waals surface area contributed by atoms with Crippen LogP contribution in [0, 0.1) is 0 Å². The molecule has 0 saturated carbocycles. The van der Waals surface area contributed by atoms with Crippen molar-refractivity contribution >= 4 is 12.3 Å². The van der Waals surface area contributed by atoms with Gasteiger partial charge in [0.1, 0.15) is 0 Å². The zero-order valence-corrected chi connectivity index (χ0v) is 4.38. The lowest BCUT2D eigenvalue weighted by Crippen LogP contribution is -1.93. The van der Waals surface area contributed by atoms with Crippen molar-refractivity contribution < 1.29 is 14.3 Å². The van der Waals surface area contributed by atoms with Crippen molar-refractivity contribution in [1.29, 1.82) is 0 Å². The van der Waals surface area contributed by atoms with Gasteiger partial charge in [0.05, 0.1) is 7.11 Å². The van der Waals surface area contributed by atoms with Gasteiger partial charge in [-0.2, -0.15) is 0 Å². The Hall–Kier alpha value is -1.12. The van der Waals surface area contributed by atoms with Crippen molar-refractivity contribution in [2.45, 2.75) is 0 Å². The Morgan fingerprint density at radius 1 is 1.75 bits per heavy atom. The van der Waals surface area contributed by atoms with Gasteiger partial charge in [0.2, 0.25) is 6.29 Å². The van der Waals surface area contributed by atoms with Gasteiger partial charge in [-0.3, -0.25) is 4.79 Å². The Kier molecular flexibility index (Phi) is 3.48. The molecule has 0 aliphatic heterocycles. The molecule has 0 aromatic heterocycles. The number of rotatable bonds is 2. The molecule has 0 unspecified atom stereocenters. The van der Waals surface area contributed by atoms with Crippen molar-refractivity contribution in [2.75, 3.05) is 7.11 Å². The summed E-state index contributed by atoms with van der Waals surface area (Å²) in [6.45, 7) is 0. The van der Waals surface area contributed by atoms with Crippen LogP contribution in [0.25, 0.3) is 0 Å². The molecule has 0 N–H and O–H groups in total. The molecule has 0 aliphatic rings. The van der Waals surface area contributed by atoms with E-state index in [4.69, 9.17) is 0 Å². The highest BCUT2D eigenvalue weighted by molar-refractivity contribution is 5.86. The van der Waals surface area contributed by atoms with E-state index in [1.165, 1.54) is 13.4 Å². The fraction of sp³-hybridized carbons (Fsp3) is 0.200. The summed E-state index contributed by atoms with van der Waals surface area (Å²) in [5, 5.41) is 0. The molecule has 0 heterocycles. The zero-order valence-electron chi connectivity index (χ0n) is 4.38. The van der Waals surface area contributed by atoms with Crippen molar-refractivity contribution in [3.8, 4) is 0 Å². The van der Waals surface area contributed by atoms with Crippen LogP contribution < -0.4 is 0 Å². The molecule has 0 aliphatic carbocycles. The topological polar surface area (TPSA) is 43.4 Å². The number of hydrogen-bond donors (Lipinski definition) is 0. The third kappa shape index (κ3) is 3.08. The highest BCUT2D eigenvalue weighted by atomic mass is 16.5. The third-order valence-electron chi connectivity index (χ3n) is 0.489. The molecule has 0 aromatic rings. The lowest BCUT2D eigenvalue weighted by Gasteiger charge is -1.84. The van der Waals surface area contributed by atoms with E-state index in [1.54, 1.807) is 0 Å². The first-order valence-corrected chi connectivity index (χ1v) is 1.93. The van der Waals surface area contributed by atoms with E-state index in [9.17, 15) is 9.59 Å². The second kappa shape index (κ2) is 4.05. The first-order valence-electron chi connectivity index (χ1n) is 1.93. The first-order chi connectivity index (χ1) is 3.81. The van der Waals surface area contributed by atoms with Crippen molar-refractivity contribution in [3.05, 3.63) is 12.2 Å². The first kappa shape index (κ1) is 6.88. The molecular formula is C5H5O3. The van der Waals surface area contributed by atoms with Gasteiger partial charge in [0, 0.05) is 6.08 Å². The molecule has 8 heavy (non-hydrogen) atoms. The van der Waals surface area contributed by atoms with E-state index in [2.05, 4.69) is 4.74 Å². The SMILES string of the molecule is COC(=O)C=C[C]=O. The minimum absolute atomic E-state index is 0.548. The highest BCUT2D eigenvalue weighted by Crippen LogP contribution is 1.72. The molecule has 1 radical (unpaired) electrons. The molecular weight excluding hydrogens is 108 g/mol. The minimum atomic E-state index is -0.548. The van der Waals surface area contributed by atoms with Gasteiger partial charge < -0.3 is 4.74 Å². The number of esters is 1. The second-order valence-corrected chi connectivity index (χ2v) is 0.974. The predicted octanol–water partition coefficient (Wildman–Crippen LogP) is -0.175. The molecule has 0 amide bonds. The average Bonchev–Trinajstić information content (AvgIpc) is 1.83. The fourth-order valence-electron chi connectivity index (χ4n) is 0.170. The van der Waals surface area contributed by atoms with Gasteiger partial charge in [0.25, 0.3) is 0 Å². The van der Waals surface area contributed by atoms with Gasteiger partial charge in [-0.05, 0) is 6.08 Å². The fourth-order valence-corrected chi connectivity index (χ4v) is 0.170. The molecule has 0 spiro atoms. The summed E-state index contributed by atoms with van der Waals surface area (Å²) in [5.74, 6) is -0.548. The van der Waals surface area contributed by atoms with E-state index < -0.39 is 5.97 Å². The molecule has 0 bridgehead atoms. The summed E-state index contributed by atoms with van der Waals surface area (Å²) in [7, 11) is 1.23. The standard InChI is InChI=1S/C5H5O3/c1-8-5(7)3-2-4-6/h2-3H,1H3. The number of ether oxygens (including phenoxy) is 1. The van der Waals surface area contributed by atoms with E-state index in [0.717, 1.165) is 12.2 Å². The van der Waals surface area contributed by atoms with E-state index >= 15 is 0 Å². The van der Waals surface area contributed by atoms with Crippen LogP contribution in [0.4, 0.5) is 0 Å². The van der Waals surface area contributed by atoms with Crippen LogP contribution in [-0.4, -0.2) is 19.4 Å². The highest BCUT2D eigenvalue weighted by Gasteiger charge is 1.86. The lowest BCUT2D eigenvalue weighted by molar-refractivity contribution is -0.134. The Morgan fingerprint density at radius 2 is 2.38 bits per heavy atom. The number of methoxy groups -OCH3 is 1. The number of carbonyl (C=O) groups excluding carboxylic acids is 2.